The largest absolute Gasteiger partial charge is 0.309 e. The number of para-hydroxylation sites is 3. The van der Waals surface area contributed by atoms with Crippen molar-refractivity contribution in [3.8, 4) is 51.6 Å². The number of nitrogens with zero attached hydrogens (tertiary/aromatic N) is 6. The van der Waals surface area contributed by atoms with Crippen molar-refractivity contribution in [3.05, 3.63) is 175 Å². The van der Waals surface area contributed by atoms with Crippen LogP contribution in [-0.2, 0) is 0 Å². The van der Waals surface area contributed by atoms with Gasteiger partial charge in [0.25, 0.3) is 0 Å². The van der Waals surface area contributed by atoms with Crippen LogP contribution in [0.2, 0.25) is 0 Å². The Bertz CT molecular complexity index is 2950. The van der Waals surface area contributed by atoms with Gasteiger partial charge >= 0.3 is 0 Å². The van der Waals surface area contributed by atoms with E-state index in [0.717, 1.165) is 71.7 Å². The predicted octanol–water partition coefficient (Wildman–Crippen LogP) is 10.9. The van der Waals surface area contributed by atoms with Crippen LogP contribution in [0.5, 0.6) is 0 Å². The highest BCUT2D eigenvalue weighted by Crippen LogP contribution is 2.42. The van der Waals surface area contributed by atoms with E-state index in [-0.39, 0.29) is 0 Å². The summed E-state index contributed by atoms with van der Waals surface area (Å²) in [5, 5.41) is 15.1. The number of rotatable bonds is 5. The fraction of sp³-hybridized carbons (Fsp3) is 0. The van der Waals surface area contributed by atoms with E-state index in [1.54, 1.807) is 0 Å². The maximum absolute atomic E-state index is 10.6. The van der Waals surface area contributed by atoms with Crippen LogP contribution in [0.15, 0.2) is 170 Å². The number of aromatic nitrogens is 5. The Morgan fingerprint density at radius 2 is 0.962 bits per heavy atom. The molecule has 0 atom stereocenters. The molecule has 3 aromatic heterocycles. The van der Waals surface area contributed by atoms with Gasteiger partial charge in [-0.05, 0) is 48.5 Å². The van der Waals surface area contributed by atoms with Gasteiger partial charge in [-0.1, -0.05) is 121 Å². The maximum atomic E-state index is 10.6. The van der Waals surface area contributed by atoms with Crippen molar-refractivity contribution in [1.82, 2.24) is 24.1 Å². The molecule has 6 nitrogen and oxygen atoms in total. The van der Waals surface area contributed by atoms with E-state index in [1.807, 2.05) is 78.9 Å². The van der Waals surface area contributed by atoms with Gasteiger partial charge in [-0.3, -0.25) is 0 Å². The lowest BCUT2D eigenvalue weighted by atomic mass is 10.1. The molecular weight excluding hydrogens is 637 g/mol. The second kappa shape index (κ2) is 11.9. The van der Waals surface area contributed by atoms with E-state index in [4.69, 9.17) is 15.0 Å². The molecule has 0 aliphatic carbocycles. The molecule has 10 rings (SSSR count). The molecule has 0 amide bonds. The van der Waals surface area contributed by atoms with Gasteiger partial charge in [0.1, 0.15) is 6.07 Å². The average molecular weight is 665 g/mol. The third kappa shape index (κ3) is 4.61. The van der Waals surface area contributed by atoms with Gasteiger partial charge in [0.2, 0.25) is 0 Å². The fourth-order valence-electron chi connectivity index (χ4n) is 7.50. The zero-order valence-corrected chi connectivity index (χ0v) is 27.8. The van der Waals surface area contributed by atoms with Gasteiger partial charge in [0.05, 0.1) is 33.3 Å². The monoisotopic (exact) mass is 664 g/mol. The van der Waals surface area contributed by atoms with Crippen LogP contribution in [0.1, 0.15) is 5.56 Å². The SMILES string of the molecule is N#Cc1ccc(-c2nc(-c3ccccc3)nc(-c3ccccc3)n2)cc1-n1c2ccccc2c2ccc3c(c4ccccc4n3-c3ccccc3)c21. The summed E-state index contributed by atoms with van der Waals surface area (Å²) in [6.07, 6.45) is 0. The molecule has 52 heavy (non-hydrogen) atoms. The summed E-state index contributed by atoms with van der Waals surface area (Å²) in [7, 11) is 0. The van der Waals surface area contributed by atoms with Crippen LogP contribution in [0.25, 0.3) is 89.2 Å². The van der Waals surface area contributed by atoms with E-state index in [9.17, 15) is 5.26 Å². The van der Waals surface area contributed by atoms with Crippen LogP contribution in [0.3, 0.4) is 0 Å². The Hall–Kier alpha value is -7.36. The highest BCUT2D eigenvalue weighted by Gasteiger charge is 2.23. The molecule has 3 heterocycles. The van der Waals surface area contributed by atoms with Crippen LogP contribution in [0, 0.1) is 11.3 Å². The lowest BCUT2D eigenvalue weighted by Crippen LogP contribution is -2.02. The molecule has 0 fully saturated rings. The molecule has 0 bridgehead atoms. The van der Waals surface area contributed by atoms with Gasteiger partial charge in [-0.2, -0.15) is 5.26 Å². The van der Waals surface area contributed by atoms with E-state index in [2.05, 4.69) is 106 Å². The van der Waals surface area contributed by atoms with Crippen molar-refractivity contribution in [3.63, 3.8) is 0 Å². The molecule has 0 spiro atoms. The topological polar surface area (TPSA) is 72.3 Å². The molecule has 242 valence electrons. The lowest BCUT2D eigenvalue weighted by Gasteiger charge is -2.14. The molecule has 0 saturated heterocycles. The number of fused-ring (bicyclic) bond motifs is 7. The summed E-state index contributed by atoms with van der Waals surface area (Å²) in [5.74, 6) is 1.70. The lowest BCUT2D eigenvalue weighted by molar-refractivity contribution is 1.07. The summed E-state index contributed by atoms with van der Waals surface area (Å²) < 4.78 is 4.59. The smallest absolute Gasteiger partial charge is 0.164 e. The van der Waals surface area contributed by atoms with E-state index >= 15 is 0 Å². The van der Waals surface area contributed by atoms with Crippen molar-refractivity contribution in [2.45, 2.75) is 0 Å². The van der Waals surface area contributed by atoms with Gasteiger partial charge < -0.3 is 9.13 Å². The second-order valence-corrected chi connectivity index (χ2v) is 12.8. The Kier molecular flexibility index (Phi) is 6.76. The second-order valence-electron chi connectivity index (χ2n) is 12.8. The molecule has 0 N–H and O–H groups in total. The van der Waals surface area contributed by atoms with Gasteiger partial charge in [-0.25, -0.2) is 15.0 Å². The van der Waals surface area contributed by atoms with Crippen molar-refractivity contribution >= 4 is 43.6 Å². The molecule has 0 radical (unpaired) electrons. The minimum atomic E-state index is 0.532. The minimum absolute atomic E-state index is 0.532. The molecule has 10 aromatic rings. The average Bonchev–Trinajstić information content (AvgIpc) is 3.74. The summed E-state index contributed by atoms with van der Waals surface area (Å²) in [4.78, 5) is 14.9. The van der Waals surface area contributed by atoms with Crippen LogP contribution < -0.4 is 0 Å². The van der Waals surface area contributed by atoms with Crippen molar-refractivity contribution in [2.75, 3.05) is 0 Å². The van der Waals surface area contributed by atoms with Crippen LogP contribution >= 0.6 is 0 Å². The predicted molar refractivity (Wildman–Crippen MR) is 210 cm³/mol. The first kappa shape index (κ1) is 29.5. The number of hydrogen-bond donors (Lipinski definition) is 0. The van der Waals surface area contributed by atoms with Crippen molar-refractivity contribution in [1.29, 1.82) is 5.26 Å². The summed E-state index contributed by atoms with van der Waals surface area (Å²) >= 11 is 0. The molecule has 0 aliphatic heterocycles. The number of hydrogen-bond acceptors (Lipinski definition) is 4. The maximum Gasteiger partial charge on any atom is 0.164 e. The van der Waals surface area contributed by atoms with Gasteiger partial charge in [-0.15, -0.1) is 0 Å². The standard InChI is InChI=1S/C46H28N6/c47-29-33-25-24-32(46-49-44(30-14-4-1-5-15-30)48-45(50-46)31-16-6-2-7-17-31)28-41(33)52-38-22-12-10-20-35(38)36-26-27-40-42(43(36)52)37-21-11-13-23-39(37)51(40)34-18-8-3-9-19-34/h1-28H. The molecule has 0 unspecified atom stereocenters. The van der Waals surface area contributed by atoms with Crippen LogP contribution in [0.4, 0.5) is 0 Å². The summed E-state index contributed by atoms with van der Waals surface area (Å²) in [6, 6.07) is 60.2. The fourth-order valence-corrected chi connectivity index (χ4v) is 7.50. The zero-order chi connectivity index (χ0) is 34.6. The normalized spacial score (nSPS) is 11.4. The first-order valence-corrected chi connectivity index (χ1v) is 17.2. The molecule has 0 saturated carbocycles. The molecule has 7 aromatic carbocycles. The third-order valence-electron chi connectivity index (χ3n) is 9.80. The highest BCUT2D eigenvalue weighted by atomic mass is 15.0. The first-order valence-electron chi connectivity index (χ1n) is 17.2. The highest BCUT2D eigenvalue weighted by molar-refractivity contribution is 6.26. The Balaban J connectivity index is 1.29. The quantitative estimate of drug-likeness (QED) is 0.184. The van der Waals surface area contributed by atoms with Crippen molar-refractivity contribution < 1.29 is 0 Å². The number of benzene rings is 7. The molecular formula is C46H28N6. The molecule has 6 heteroatoms. The number of nitriles is 1. The molecule has 0 aliphatic rings. The van der Waals surface area contributed by atoms with Gasteiger partial charge in [0, 0.05) is 43.9 Å². The van der Waals surface area contributed by atoms with Gasteiger partial charge in [0.15, 0.2) is 17.5 Å². The third-order valence-corrected chi connectivity index (χ3v) is 9.80. The summed E-state index contributed by atoms with van der Waals surface area (Å²) in [6.45, 7) is 0. The van der Waals surface area contributed by atoms with E-state index < -0.39 is 0 Å². The Morgan fingerprint density at radius 3 is 1.60 bits per heavy atom. The summed E-state index contributed by atoms with van der Waals surface area (Å²) in [5.41, 5.74) is 9.27. The van der Waals surface area contributed by atoms with E-state index in [1.165, 1.54) is 0 Å². The minimum Gasteiger partial charge on any atom is -0.309 e. The van der Waals surface area contributed by atoms with Crippen LogP contribution in [-0.4, -0.2) is 24.1 Å². The Labute approximate surface area is 299 Å². The van der Waals surface area contributed by atoms with Crippen molar-refractivity contribution in [2.24, 2.45) is 0 Å². The van der Waals surface area contributed by atoms with E-state index in [0.29, 0.717) is 23.0 Å². The Morgan fingerprint density at radius 1 is 0.423 bits per heavy atom. The first-order chi connectivity index (χ1) is 25.8. The zero-order valence-electron chi connectivity index (χ0n) is 27.8.